The highest BCUT2D eigenvalue weighted by atomic mass is 16.2. The summed E-state index contributed by atoms with van der Waals surface area (Å²) >= 11 is 0. The van der Waals surface area contributed by atoms with E-state index in [1.54, 1.807) is 0 Å². The molecule has 3 heteroatoms. The number of allylic oxidation sites excluding steroid dienone is 2. The number of hydrogen-bond donors (Lipinski definition) is 1. The van der Waals surface area contributed by atoms with E-state index in [0.29, 0.717) is 35.7 Å². The Kier molecular flexibility index (Phi) is 3.33. The zero-order valence-electron chi connectivity index (χ0n) is 12.3. The highest BCUT2D eigenvalue weighted by Crippen LogP contribution is 2.44. The van der Waals surface area contributed by atoms with E-state index >= 15 is 0 Å². The number of fused-ring (bicyclic) bond motifs is 2. The lowest BCUT2D eigenvalue weighted by Crippen LogP contribution is -2.54. The van der Waals surface area contributed by atoms with E-state index in [2.05, 4.69) is 22.4 Å². The number of likely N-dealkylation sites (tertiary alicyclic amines) is 1. The van der Waals surface area contributed by atoms with Crippen LogP contribution in [0.1, 0.15) is 44.9 Å². The van der Waals surface area contributed by atoms with Crippen LogP contribution in [0.15, 0.2) is 12.2 Å². The molecule has 110 valence electrons. The summed E-state index contributed by atoms with van der Waals surface area (Å²) in [5, 5.41) is 3.63. The lowest BCUT2D eigenvalue weighted by atomic mass is 9.88. The minimum atomic E-state index is 0.298. The molecule has 2 aliphatic heterocycles. The van der Waals surface area contributed by atoms with Crippen molar-refractivity contribution in [1.29, 1.82) is 0 Å². The Bertz CT molecular complexity index is 413. The van der Waals surface area contributed by atoms with Crippen LogP contribution in [0.3, 0.4) is 0 Å². The zero-order valence-corrected chi connectivity index (χ0v) is 12.3. The SMILES string of the molecule is O=C(C1CC2C=CC1C2)N1CCCCC1C1CCCN1. The molecule has 5 unspecified atom stereocenters. The molecule has 0 aromatic heterocycles. The Labute approximate surface area is 121 Å². The van der Waals surface area contributed by atoms with Gasteiger partial charge in [0.15, 0.2) is 0 Å². The Morgan fingerprint density at radius 1 is 1.10 bits per heavy atom. The lowest BCUT2D eigenvalue weighted by Gasteiger charge is -2.41. The maximum absolute atomic E-state index is 13.0. The van der Waals surface area contributed by atoms with Crippen LogP contribution in [0.5, 0.6) is 0 Å². The van der Waals surface area contributed by atoms with Gasteiger partial charge in [-0.3, -0.25) is 4.79 Å². The molecule has 2 aliphatic carbocycles. The second kappa shape index (κ2) is 5.18. The number of hydrogen-bond acceptors (Lipinski definition) is 2. The summed E-state index contributed by atoms with van der Waals surface area (Å²) in [4.78, 5) is 15.3. The summed E-state index contributed by atoms with van der Waals surface area (Å²) < 4.78 is 0. The molecule has 2 bridgehead atoms. The summed E-state index contributed by atoms with van der Waals surface area (Å²) in [7, 11) is 0. The summed E-state index contributed by atoms with van der Waals surface area (Å²) in [5.74, 6) is 2.01. The fourth-order valence-electron chi connectivity index (χ4n) is 4.97. The largest absolute Gasteiger partial charge is 0.338 e. The van der Waals surface area contributed by atoms with Crippen LogP contribution < -0.4 is 5.32 Å². The second-order valence-electron chi connectivity index (χ2n) is 7.18. The summed E-state index contributed by atoms with van der Waals surface area (Å²) in [5.41, 5.74) is 0. The molecule has 1 saturated carbocycles. The molecule has 2 heterocycles. The van der Waals surface area contributed by atoms with E-state index in [9.17, 15) is 4.79 Å². The fourth-order valence-corrected chi connectivity index (χ4v) is 4.97. The van der Waals surface area contributed by atoms with Crippen LogP contribution in [-0.2, 0) is 4.79 Å². The topological polar surface area (TPSA) is 32.3 Å². The maximum atomic E-state index is 13.0. The van der Waals surface area contributed by atoms with E-state index < -0.39 is 0 Å². The highest BCUT2D eigenvalue weighted by molar-refractivity contribution is 5.80. The molecule has 4 rings (SSSR count). The van der Waals surface area contributed by atoms with Gasteiger partial charge in [0.2, 0.25) is 5.91 Å². The summed E-state index contributed by atoms with van der Waals surface area (Å²) in [6.45, 7) is 2.14. The van der Waals surface area contributed by atoms with Gasteiger partial charge in [-0.25, -0.2) is 0 Å². The Balaban J connectivity index is 1.49. The molecule has 20 heavy (non-hydrogen) atoms. The van der Waals surface area contributed by atoms with Crippen LogP contribution >= 0.6 is 0 Å². The van der Waals surface area contributed by atoms with Crippen molar-refractivity contribution in [2.75, 3.05) is 13.1 Å². The van der Waals surface area contributed by atoms with Gasteiger partial charge in [-0.05, 0) is 63.3 Å². The first-order valence-electron chi connectivity index (χ1n) is 8.55. The molecule has 4 aliphatic rings. The first-order valence-corrected chi connectivity index (χ1v) is 8.55. The molecule has 3 nitrogen and oxygen atoms in total. The zero-order chi connectivity index (χ0) is 13.5. The van der Waals surface area contributed by atoms with Crippen molar-refractivity contribution >= 4 is 5.91 Å². The standard InChI is InChI=1S/C17H26N2O/c20-17(14-11-12-6-7-13(14)10-12)19-9-2-1-5-16(19)15-4-3-8-18-15/h6-7,12-16,18H,1-5,8-11H2. The third-order valence-electron chi connectivity index (χ3n) is 5.99. The number of carbonyl (C=O) groups excluding carboxylic acids is 1. The van der Waals surface area contributed by atoms with Crippen molar-refractivity contribution in [2.24, 2.45) is 17.8 Å². The smallest absolute Gasteiger partial charge is 0.226 e. The van der Waals surface area contributed by atoms with Gasteiger partial charge in [-0.15, -0.1) is 0 Å². The van der Waals surface area contributed by atoms with Crippen LogP contribution in [0.4, 0.5) is 0 Å². The van der Waals surface area contributed by atoms with Crippen molar-refractivity contribution in [1.82, 2.24) is 10.2 Å². The van der Waals surface area contributed by atoms with Gasteiger partial charge in [0, 0.05) is 24.5 Å². The van der Waals surface area contributed by atoms with Crippen LogP contribution in [0, 0.1) is 17.8 Å². The monoisotopic (exact) mass is 274 g/mol. The van der Waals surface area contributed by atoms with E-state index in [1.165, 1.54) is 38.5 Å². The molecule has 0 aromatic rings. The summed E-state index contributed by atoms with van der Waals surface area (Å²) in [6, 6.07) is 1.04. The van der Waals surface area contributed by atoms with Crippen molar-refractivity contribution < 1.29 is 4.79 Å². The third-order valence-corrected chi connectivity index (χ3v) is 5.99. The van der Waals surface area contributed by atoms with E-state index in [1.807, 2.05) is 0 Å². The first kappa shape index (κ1) is 12.9. The third kappa shape index (κ3) is 2.11. The number of piperidine rings is 1. The molecular formula is C17H26N2O. The van der Waals surface area contributed by atoms with Crippen LogP contribution in [-0.4, -0.2) is 36.0 Å². The number of carbonyl (C=O) groups is 1. The molecule has 1 N–H and O–H groups in total. The predicted octanol–water partition coefficient (Wildman–Crippen LogP) is 2.33. The minimum Gasteiger partial charge on any atom is -0.338 e. The predicted molar refractivity (Wildman–Crippen MR) is 79.2 cm³/mol. The molecule has 0 aromatic carbocycles. The lowest BCUT2D eigenvalue weighted by molar-refractivity contribution is -0.140. The van der Waals surface area contributed by atoms with Crippen LogP contribution in [0.25, 0.3) is 0 Å². The minimum absolute atomic E-state index is 0.298. The Hall–Kier alpha value is -0.830. The van der Waals surface area contributed by atoms with Gasteiger partial charge in [0.1, 0.15) is 0 Å². The molecule has 0 spiro atoms. The van der Waals surface area contributed by atoms with Crippen molar-refractivity contribution in [2.45, 2.75) is 57.0 Å². The molecule has 2 saturated heterocycles. The van der Waals surface area contributed by atoms with Gasteiger partial charge in [-0.2, -0.15) is 0 Å². The number of nitrogens with zero attached hydrogens (tertiary/aromatic N) is 1. The van der Waals surface area contributed by atoms with E-state index in [0.717, 1.165) is 19.5 Å². The number of rotatable bonds is 2. The van der Waals surface area contributed by atoms with Gasteiger partial charge >= 0.3 is 0 Å². The van der Waals surface area contributed by atoms with Gasteiger partial charge < -0.3 is 10.2 Å². The maximum Gasteiger partial charge on any atom is 0.226 e. The molecule has 5 atom stereocenters. The first-order chi connectivity index (χ1) is 9.83. The molecule has 3 fully saturated rings. The van der Waals surface area contributed by atoms with E-state index in [4.69, 9.17) is 0 Å². The van der Waals surface area contributed by atoms with Crippen molar-refractivity contribution in [3.63, 3.8) is 0 Å². The van der Waals surface area contributed by atoms with E-state index in [-0.39, 0.29) is 0 Å². The quantitative estimate of drug-likeness (QED) is 0.784. The number of nitrogens with one attached hydrogen (secondary N) is 1. The second-order valence-corrected chi connectivity index (χ2v) is 7.18. The van der Waals surface area contributed by atoms with Gasteiger partial charge in [-0.1, -0.05) is 12.2 Å². The van der Waals surface area contributed by atoms with Gasteiger partial charge in [0.05, 0.1) is 0 Å². The average molecular weight is 274 g/mol. The normalized spacial score (nSPS) is 43.4. The Morgan fingerprint density at radius 2 is 2.05 bits per heavy atom. The molecular weight excluding hydrogens is 248 g/mol. The summed E-state index contributed by atoms with van der Waals surface area (Å²) in [6.07, 6.45) is 13.2. The average Bonchev–Trinajstić information content (AvgIpc) is 3.23. The molecule has 1 amide bonds. The fraction of sp³-hybridized carbons (Fsp3) is 0.824. The highest BCUT2D eigenvalue weighted by Gasteiger charge is 2.44. The van der Waals surface area contributed by atoms with Gasteiger partial charge in [0.25, 0.3) is 0 Å². The molecule has 0 radical (unpaired) electrons. The van der Waals surface area contributed by atoms with Crippen molar-refractivity contribution in [3.8, 4) is 0 Å². The van der Waals surface area contributed by atoms with Crippen molar-refractivity contribution in [3.05, 3.63) is 12.2 Å². The number of amides is 1. The van der Waals surface area contributed by atoms with Crippen LogP contribution in [0.2, 0.25) is 0 Å². The Morgan fingerprint density at radius 3 is 2.75 bits per heavy atom.